The quantitative estimate of drug-likeness (QED) is 0.829. The van der Waals surface area contributed by atoms with Crippen LogP contribution >= 0.6 is 0 Å². The highest BCUT2D eigenvalue weighted by Gasteiger charge is 2.08. The maximum Gasteiger partial charge on any atom is 0.258 e. The van der Waals surface area contributed by atoms with Crippen molar-refractivity contribution in [3.05, 3.63) is 23.8 Å². The molecule has 108 valence electrons. The molecule has 0 radical (unpaired) electrons. The summed E-state index contributed by atoms with van der Waals surface area (Å²) in [4.78, 5) is 11.7. The Morgan fingerprint density at radius 2 is 2.10 bits per heavy atom. The lowest BCUT2D eigenvalue weighted by Crippen LogP contribution is -2.35. The minimum Gasteiger partial charge on any atom is -0.497 e. The van der Waals surface area contributed by atoms with E-state index in [0.717, 1.165) is 12.8 Å². The second-order valence-corrected chi connectivity index (χ2v) is 4.55. The Morgan fingerprint density at radius 1 is 1.40 bits per heavy atom. The predicted molar refractivity (Wildman–Crippen MR) is 75.7 cm³/mol. The zero-order chi connectivity index (χ0) is 15.0. The molecule has 1 atom stereocenters. The van der Waals surface area contributed by atoms with Crippen LogP contribution < -0.4 is 14.8 Å². The molecule has 20 heavy (non-hydrogen) atoms. The van der Waals surface area contributed by atoms with Crippen molar-refractivity contribution >= 4 is 5.91 Å². The molecule has 0 saturated carbocycles. The van der Waals surface area contributed by atoms with Gasteiger partial charge in [-0.05, 0) is 25.5 Å². The summed E-state index contributed by atoms with van der Waals surface area (Å²) in [5.41, 5.74) is 0.430. The molecule has 0 spiro atoms. The summed E-state index contributed by atoms with van der Waals surface area (Å²) in [5, 5.41) is 11.7. The lowest BCUT2D eigenvalue weighted by Gasteiger charge is -2.13. The number of carbonyl (C=O) groups excluding carboxylic acids is 1. The molecule has 1 rings (SSSR count). The number of hydrogen-bond acceptors (Lipinski definition) is 4. The molecule has 0 aliphatic rings. The first-order chi connectivity index (χ1) is 9.58. The van der Waals surface area contributed by atoms with E-state index in [1.807, 2.05) is 13.0 Å². The van der Waals surface area contributed by atoms with Gasteiger partial charge < -0.3 is 14.8 Å². The zero-order valence-electron chi connectivity index (χ0n) is 12.1. The Kier molecular flexibility index (Phi) is 6.38. The summed E-state index contributed by atoms with van der Waals surface area (Å²) in [6, 6.07) is 6.98. The van der Waals surface area contributed by atoms with Gasteiger partial charge in [0.15, 0.2) is 6.61 Å². The lowest BCUT2D eigenvalue weighted by atomic mass is 10.2. The van der Waals surface area contributed by atoms with E-state index in [9.17, 15) is 4.79 Å². The van der Waals surface area contributed by atoms with Gasteiger partial charge in [0.25, 0.3) is 5.91 Å². The number of benzene rings is 1. The number of rotatable bonds is 7. The van der Waals surface area contributed by atoms with Gasteiger partial charge in [0, 0.05) is 12.1 Å². The van der Waals surface area contributed by atoms with Crippen LogP contribution in [0.15, 0.2) is 18.2 Å². The number of nitriles is 1. The Balaban J connectivity index is 2.57. The number of amides is 1. The number of ether oxygens (including phenoxy) is 2. The van der Waals surface area contributed by atoms with Crippen LogP contribution in [-0.4, -0.2) is 25.7 Å². The van der Waals surface area contributed by atoms with Gasteiger partial charge in [-0.15, -0.1) is 0 Å². The normalized spacial score (nSPS) is 11.3. The first-order valence-corrected chi connectivity index (χ1v) is 6.60. The first-order valence-electron chi connectivity index (χ1n) is 6.60. The molecule has 1 N–H and O–H groups in total. The van der Waals surface area contributed by atoms with Gasteiger partial charge in [-0.2, -0.15) is 5.26 Å². The molecule has 5 nitrogen and oxygen atoms in total. The summed E-state index contributed by atoms with van der Waals surface area (Å²) < 4.78 is 10.5. The molecule has 1 amide bonds. The average molecular weight is 276 g/mol. The Morgan fingerprint density at radius 3 is 2.70 bits per heavy atom. The van der Waals surface area contributed by atoms with Crippen LogP contribution in [0.4, 0.5) is 0 Å². The molecule has 0 saturated heterocycles. The van der Waals surface area contributed by atoms with Crippen LogP contribution in [0.5, 0.6) is 11.5 Å². The number of methoxy groups -OCH3 is 1. The second-order valence-electron chi connectivity index (χ2n) is 4.55. The van der Waals surface area contributed by atoms with E-state index in [-0.39, 0.29) is 18.6 Å². The van der Waals surface area contributed by atoms with Crippen LogP contribution in [0.3, 0.4) is 0 Å². The van der Waals surface area contributed by atoms with Crippen molar-refractivity contribution < 1.29 is 14.3 Å². The van der Waals surface area contributed by atoms with Crippen molar-refractivity contribution in [1.29, 1.82) is 5.26 Å². The average Bonchev–Trinajstić information content (AvgIpc) is 2.44. The molecule has 0 heterocycles. The van der Waals surface area contributed by atoms with Crippen LogP contribution in [-0.2, 0) is 4.79 Å². The zero-order valence-corrected chi connectivity index (χ0v) is 12.1. The first kappa shape index (κ1) is 15.8. The van der Waals surface area contributed by atoms with Gasteiger partial charge >= 0.3 is 0 Å². The van der Waals surface area contributed by atoms with Gasteiger partial charge in [0.05, 0.1) is 18.7 Å². The van der Waals surface area contributed by atoms with Crippen molar-refractivity contribution in [3.63, 3.8) is 0 Å². The van der Waals surface area contributed by atoms with Crippen molar-refractivity contribution in [3.8, 4) is 17.6 Å². The summed E-state index contributed by atoms with van der Waals surface area (Å²) in [5.74, 6) is 0.797. The summed E-state index contributed by atoms with van der Waals surface area (Å²) in [7, 11) is 1.51. The number of nitrogens with zero attached hydrogens (tertiary/aromatic N) is 1. The molecule has 0 aromatic heterocycles. The minimum atomic E-state index is -0.174. The molecule has 1 aromatic carbocycles. The molecule has 0 fully saturated rings. The van der Waals surface area contributed by atoms with Crippen molar-refractivity contribution in [2.45, 2.75) is 32.7 Å². The van der Waals surface area contributed by atoms with E-state index < -0.39 is 0 Å². The minimum absolute atomic E-state index is 0.0773. The van der Waals surface area contributed by atoms with Gasteiger partial charge in [0.2, 0.25) is 0 Å². The molecule has 5 heteroatoms. The molecule has 1 unspecified atom stereocenters. The van der Waals surface area contributed by atoms with Crippen LogP contribution in [0.25, 0.3) is 0 Å². The number of nitrogens with one attached hydrogen (secondary N) is 1. The Hall–Kier alpha value is -2.22. The fraction of sp³-hybridized carbons (Fsp3) is 0.467. The van der Waals surface area contributed by atoms with E-state index in [1.165, 1.54) is 7.11 Å². The summed E-state index contributed by atoms with van der Waals surface area (Å²) in [6.07, 6.45) is 1.95. The SMILES string of the molecule is CCCC(C)NC(=O)COc1cc(C#N)cc(OC)c1. The smallest absolute Gasteiger partial charge is 0.258 e. The van der Waals surface area contributed by atoms with Crippen molar-refractivity contribution in [1.82, 2.24) is 5.32 Å². The van der Waals surface area contributed by atoms with Gasteiger partial charge in [-0.25, -0.2) is 0 Å². The van der Waals surface area contributed by atoms with Crippen LogP contribution in [0.1, 0.15) is 32.3 Å². The highest BCUT2D eigenvalue weighted by molar-refractivity contribution is 5.77. The van der Waals surface area contributed by atoms with E-state index in [2.05, 4.69) is 12.2 Å². The molecule has 0 bridgehead atoms. The maximum absolute atomic E-state index is 11.7. The highest BCUT2D eigenvalue weighted by Crippen LogP contribution is 2.22. The topological polar surface area (TPSA) is 71.3 Å². The molecular weight excluding hydrogens is 256 g/mol. The van der Waals surface area contributed by atoms with E-state index >= 15 is 0 Å². The third-order valence-electron chi connectivity index (χ3n) is 2.74. The van der Waals surface area contributed by atoms with Gasteiger partial charge in [0.1, 0.15) is 11.5 Å². The summed E-state index contributed by atoms with van der Waals surface area (Å²) in [6.45, 7) is 3.95. The van der Waals surface area contributed by atoms with E-state index in [4.69, 9.17) is 14.7 Å². The van der Waals surface area contributed by atoms with Gasteiger partial charge in [-0.1, -0.05) is 13.3 Å². The van der Waals surface area contributed by atoms with E-state index in [0.29, 0.717) is 17.1 Å². The third-order valence-corrected chi connectivity index (χ3v) is 2.74. The predicted octanol–water partition coefficient (Wildman–Crippen LogP) is 2.25. The van der Waals surface area contributed by atoms with Crippen LogP contribution in [0, 0.1) is 11.3 Å². The molecule has 0 aliphatic carbocycles. The largest absolute Gasteiger partial charge is 0.497 e. The molecule has 0 aliphatic heterocycles. The van der Waals surface area contributed by atoms with Crippen LogP contribution in [0.2, 0.25) is 0 Å². The van der Waals surface area contributed by atoms with Crippen molar-refractivity contribution in [2.24, 2.45) is 0 Å². The third kappa shape index (κ3) is 5.19. The fourth-order valence-electron chi connectivity index (χ4n) is 1.81. The van der Waals surface area contributed by atoms with Gasteiger partial charge in [-0.3, -0.25) is 4.79 Å². The number of hydrogen-bond donors (Lipinski definition) is 1. The second kappa shape index (κ2) is 8.05. The Labute approximate surface area is 119 Å². The maximum atomic E-state index is 11.7. The number of carbonyl (C=O) groups is 1. The fourth-order valence-corrected chi connectivity index (χ4v) is 1.81. The van der Waals surface area contributed by atoms with E-state index in [1.54, 1.807) is 18.2 Å². The Bertz CT molecular complexity index is 494. The highest BCUT2D eigenvalue weighted by atomic mass is 16.5. The summed E-state index contributed by atoms with van der Waals surface area (Å²) >= 11 is 0. The molecule has 1 aromatic rings. The monoisotopic (exact) mass is 276 g/mol. The molecular formula is C15H20N2O3. The lowest BCUT2D eigenvalue weighted by molar-refractivity contribution is -0.123. The standard InChI is InChI=1S/C15H20N2O3/c1-4-5-11(2)17-15(18)10-20-14-7-12(9-16)6-13(8-14)19-3/h6-8,11H,4-5,10H2,1-3H3,(H,17,18). The van der Waals surface area contributed by atoms with Crippen molar-refractivity contribution in [2.75, 3.05) is 13.7 Å².